The van der Waals surface area contributed by atoms with E-state index in [1.54, 1.807) is 18.2 Å². The third kappa shape index (κ3) is 3.14. The minimum atomic E-state index is -0.214. The van der Waals surface area contributed by atoms with Gasteiger partial charge in [-0.2, -0.15) is 0 Å². The Morgan fingerprint density at radius 2 is 1.90 bits per heavy atom. The lowest BCUT2D eigenvalue weighted by Crippen LogP contribution is -2.14. The van der Waals surface area contributed by atoms with Crippen molar-refractivity contribution < 1.29 is 4.79 Å². The Bertz CT molecular complexity index is 686. The van der Waals surface area contributed by atoms with Gasteiger partial charge in [0.25, 0.3) is 5.91 Å². The predicted molar refractivity (Wildman–Crippen MR) is 87.4 cm³/mol. The summed E-state index contributed by atoms with van der Waals surface area (Å²) in [6, 6.07) is 8.83. The van der Waals surface area contributed by atoms with Crippen molar-refractivity contribution in [2.24, 2.45) is 0 Å². The molecule has 1 amide bonds. The Morgan fingerprint density at radius 3 is 2.60 bits per heavy atom. The normalized spacial score (nSPS) is 10.4. The summed E-state index contributed by atoms with van der Waals surface area (Å²) in [4.78, 5) is 12.3. The van der Waals surface area contributed by atoms with Crippen LogP contribution in [0.2, 0.25) is 5.02 Å². The van der Waals surface area contributed by atoms with Crippen molar-refractivity contribution in [2.45, 2.75) is 13.8 Å². The molecule has 2 rings (SSSR count). The highest BCUT2D eigenvalue weighted by Crippen LogP contribution is 2.28. The van der Waals surface area contributed by atoms with E-state index in [-0.39, 0.29) is 5.91 Å². The highest BCUT2D eigenvalue weighted by atomic mass is 79.9. The lowest BCUT2D eigenvalue weighted by Gasteiger charge is -2.11. The van der Waals surface area contributed by atoms with Crippen molar-refractivity contribution in [3.63, 3.8) is 0 Å². The highest BCUT2D eigenvalue weighted by Gasteiger charge is 2.12. The molecule has 0 spiro atoms. The average molecular weight is 354 g/mol. The molecule has 20 heavy (non-hydrogen) atoms. The minimum absolute atomic E-state index is 0.214. The topological polar surface area (TPSA) is 55.1 Å². The zero-order valence-electron chi connectivity index (χ0n) is 11.1. The number of nitrogen functional groups attached to an aromatic ring is 1. The summed E-state index contributed by atoms with van der Waals surface area (Å²) in [6.07, 6.45) is 0. The Labute approximate surface area is 131 Å². The van der Waals surface area contributed by atoms with Crippen LogP contribution in [0.5, 0.6) is 0 Å². The van der Waals surface area contributed by atoms with Gasteiger partial charge in [-0.15, -0.1) is 0 Å². The third-order valence-corrected chi connectivity index (χ3v) is 3.94. The Balaban J connectivity index is 2.32. The minimum Gasteiger partial charge on any atom is -0.398 e. The number of aryl methyl sites for hydroxylation is 2. The number of nitrogens with one attached hydrogen (secondary N) is 1. The molecule has 3 N–H and O–H groups in total. The molecule has 5 heteroatoms. The molecule has 0 bridgehead atoms. The van der Waals surface area contributed by atoms with Gasteiger partial charge < -0.3 is 11.1 Å². The molecule has 0 atom stereocenters. The summed E-state index contributed by atoms with van der Waals surface area (Å²) in [5, 5.41) is 3.37. The summed E-state index contributed by atoms with van der Waals surface area (Å²) in [5.41, 5.74) is 9.49. The Kier molecular flexibility index (Phi) is 4.35. The van der Waals surface area contributed by atoms with Crippen LogP contribution in [0, 0.1) is 13.8 Å². The van der Waals surface area contributed by atoms with E-state index in [1.807, 2.05) is 26.0 Å². The van der Waals surface area contributed by atoms with E-state index in [4.69, 9.17) is 17.3 Å². The lowest BCUT2D eigenvalue weighted by atomic mass is 10.1. The molecule has 0 saturated heterocycles. The van der Waals surface area contributed by atoms with Gasteiger partial charge in [0.05, 0.1) is 5.69 Å². The standard InChI is InChI=1S/C15H14BrClN2O/c1-8-3-4-10(17)6-11(8)15(20)19-14-7-13(18)9(2)5-12(14)16/h3-7H,18H2,1-2H3,(H,19,20). The van der Waals surface area contributed by atoms with E-state index < -0.39 is 0 Å². The molecule has 104 valence electrons. The molecule has 3 nitrogen and oxygen atoms in total. The molecule has 0 aromatic heterocycles. The van der Waals surface area contributed by atoms with Gasteiger partial charge in [0.2, 0.25) is 0 Å². The predicted octanol–water partition coefficient (Wildman–Crippen LogP) is 4.55. The van der Waals surface area contributed by atoms with E-state index in [9.17, 15) is 4.79 Å². The van der Waals surface area contributed by atoms with Crippen LogP contribution in [0.1, 0.15) is 21.5 Å². The second kappa shape index (κ2) is 5.85. The molecule has 2 aromatic carbocycles. The van der Waals surface area contributed by atoms with Gasteiger partial charge in [-0.1, -0.05) is 17.7 Å². The van der Waals surface area contributed by atoms with E-state index in [0.717, 1.165) is 15.6 Å². The molecular formula is C15H14BrClN2O. The zero-order valence-corrected chi connectivity index (χ0v) is 13.5. The summed E-state index contributed by atoms with van der Waals surface area (Å²) in [5.74, 6) is -0.214. The molecule has 0 aliphatic heterocycles. The number of halogens is 2. The molecule has 0 fully saturated rings. The number of nitrogens with two attached hydrogens (primary N) is 1. The maximum absolute atomic E-state index is 12.3. The van der Waals surface area contributed by atoms with Gasteiger partial charge >= 0.3 is 0 Å². The number of carbonyl (C=O) groups excluding carboxylic acids is 1. The molecular weight excluding hydrogens is 340 g/mol. The first-order valence-electron chi connectivity index (χ1n) is 6.01. The van der Waals surface area contributed by atoms with Crippen molar-refractivity contribution in [1.29, 1.82) is 0 Å². The van der Waals surface area contributed by atoms with Crippen molar-refractivity contribution in [1.82, 2.24) is 0 Å². The maximum Gasteiger partial charge on any atom is 0.256 e. The van der Waals surface area contributed by atoms with Crippen LogP contribution in [0.25, 0.3) is 0 Å². The second-order valence-electron chi connectivity index (χ2n) is 4.60. The number of hydrogen-bond acceptors (Lipinski definition) is 2. The number of anilines is 2. The second-order valence-corrected chi connectivity index (χ2v) is 5.89. The largest absolute Gasteiger partial charge is 0.398 e. The van der Waals surface area contributed by atoms with Crippen molar-refractivity contribution >= 4 is 44.8 Å². The first-order valence-corrected chi connectivity index (χ1v) is 7.18. The number of rotatable bonds is 2. The molecule has 0 aliphatic rings. The van der Waals surface area contributed by atoms with Crippen LogP contribution in [0.4, 0.5) is 11.4 Å². The zero-order chi connectivity index (χ0) is 14.9. The molecule has 2 aromatic rings. The first kappa shape index (κ1) is 14.9. The van der Waals surface area contributed by atoms with Gasteiger partial charge in [-0.05, 0) is 65.2 Å². The molecule has 0 unspecified atom stereocenters. The van der Waals surface area contributed by atoms with Gasteiger partial charge in [-0.3, -0.25) is 4.79 Å². The fourth-order valence-electron chi connectivity index (χ4n) is 1.81. The fraction of sp³-hybridized carbons (Fsp3) is 0.133. The Hall–Kier alpha value is -1.52. The van der Waals surface area contributed by atoms with Crippen LogP contribution in [-0.4, -0.2) is 5.91 Å². The Morgan fingerprint density at radius 1 is 1.20 bits per heavy atom. The quantitative estimate of drug-likeness (QED) is 0.778. The number of amides is 1. The van der Waals surface area contributed by atoms with Gasteiger partial charge in [-0.25, -0.2) is 0 Å². The van der Waals surface area contributed by atoms with Crippen molar-refractivity contribution in [2.75, 3.05) is 11.1 Å². The van der Waals surface area contributed by atoms with Gasteiger partial charge in [0, 0.05) is 20.7 Å². The summed E-state index contributed by atoms with van der Waals surface area (Å²) in [6.45, 7) is 3.77. The lowest BCUT2D eigenvalue weighted by molar-refractivity contribution is 0.102. The maximum atomic E-state index is 12.3. The van der Waals surface area contributed by atoms with E-state index in [2.05, 4.69) is 21.2 Å². The first-order chi connectivity index (χ1) is 9.38. The highest BCUT2D eigenvalue weighted by molar-refractivity contribution is 9.10. The monoisotopic (exact) mass is 352 g/mol. The van der Waals surface area contributed by atoms with Crippen LogP contribution >= 0.6 is 27.5 Å². The van der Waals surface area contributed by atoms with Gasteiger partial charge in [0.1, 0.15) is 0 Å². The number of benzene rings is 2. The fourth-order valence-corrected chi connectivity index (χ4v) is 2.54. The molecule has 0 heterocycles. The molecule has 0 radical (unpaired) electrons. The summed E-state index contributed by atoms with van der Waals surface area (Å²) >= 11 is 9.35. The molecule has 0 saturated carbocycles. The number of carbonyl (C=O) groups is 1. The van der Waals surface area contributed by atoms with Crippen LogP contribution < -0.4 is 11.1 Å². The van der Waals surface area contributed by atoms with Gasteiger partial charge in [0.15, 0.2) is 0 Å². The van der Waals surface area contributed by atoms with Crippen molar-refractivity contribution in [3.05, 3.63) is 56.5 Å². The smallest absolute Gasteiger partial charge is 0.256 e. The molecule has 0 aliphatic carbocycles. The number of hydrogen-bond donors (Lipinski definition) is 2. The van der Waals surface area contributed by atoms with E-state index in [0.29, 0.717) is 22.0 Å². The SMILES string of the molecule is Cc1cc(Br)c(NC(=O)c2cc(Cl)ccc2C)cc1N. The summed E-state index contributed by atoms with van der Waals surface area (Å²) in [7, 11) is 0. The summed E-state index contributed by atoms with van der Waals surface area (Å²) < 4.78 is 0.789. The van der Waals surface area contributed by atoms with Crippen LogP contribution in [0.3, 0.4) is 0 Å². The van der Waals surface area contributed by atoms with Crippen LogP contribution in [0.15, 0.2) is 34.8 Å². The van der Waals surface area contributed by atoms with E-state index >= 15 is 0 Å². The van der Waals surface area contributed by atoms with Crippen molar-refractivity contribution in [3.8, 4) is 0 Å². The average Bonchev–Trinajstić information content (AvgIpc) is 2.38. The van der Waals surface area contributed by atoms with Crippen LogP contribution in [-0.2, 0) is 0 Å². The van der Waals surface area contributed by atoms with E-state index in [1.165, 1.54) is 0 Å². The third-order valence-electron chi connectivity index (χ3n) is 3.05.